The van der Waals surface area contributed by atoms with Crippen molar-refractivity contribution in [3.8, 4) is 28.4 Å². The minimum atomic E-state index is -0.105. The molecule has 0 saturated heterocycles. The molecule has 0 aliphatic rings. The topological polar surface area (TPSA) is 85.5 Å². The lowest BCUT2D eigenvalue weighted by molar-refractivity contribution is -0.116. The van der Waals surface area contributed by atoms with E-state index in [-0.39, 0.29) is 5.91 Å². The third-order valence-corrected chi connectivity index (χ3v) is 4.81. The molecule has 31 heavy (non-hydrogen) atoms. The lowest BCUT2D eigenvalue weighted by Gasteiger charge is -2.13. The Hall–Kier alpha value is -3.48. The van der Waals surface area contributed by atoms with Crippen molar-refractivity contribution in [2.75, 3.05) is 25.6 Å². The van der Waals surface area contributed by atoms with Crippen LogP contribution in [0.2, 0.25) is 0 Å². The van der Waals surface area contributed by atoms with E-state index in [1.54, 1.807) is 7.11 Å². The van der Waals surface area contributed by atoms with Crippen molar-refractivity contribution < 1.29 is 19.0 Å². The number of ether oxygens (including phenoxy) is 3. The molecule has 0 saturated carbocycles. The zero-order valence-electron chi connectivity index (χ0n) is 18.5. The number of carbonyl (C=O) groups is 1. The van der Waals surface area contributed by atoms with Crippen molar-refractivity contribution in [2.24, 2.45) is 0 Å². The first kappa shape index (κ1) is 22.2. The SMILES string of the molecule is CCOc1ccc(-c2c(NC(=O)CCc3cccc(OC)c3)n[nH]c2C)cc1OCC. The Bertz CT molecular complexity index is 1030. The van der Waals surface area contributed by atoms with E-state index in [1.807, 2.05) is 63.2 Å². The van der Waals surface area contributed by atoms with E-state index in [2.05, 4.69) is 15.5 Å². The molecule has 0 bridgehead atoms. The van der Waals surface area contributed by atoms with E-state index in [1.165, 1.54) is 0 Å². The Kier molecular flexibility index (Phi) is 7.54. The molecule has 3 aromatic rings. The second kappa shape index (κ2) is 10.5. The second-order valence-electron chi connectivity index (χ2n) is 7.00. The number of H-pyrrole nitrogens is 1. The molecule has 0 fully saturated rings. The molecule has 0 aliphatic heterocycles. The van der Waals surface area contributed by atoms with Gasteiger partial charge in [-0.2, -0.15) is 5.10 Å². The summed E-state index contributed by atoms with van der Waals surface area (Å²) in [5.41, 5.74) is 3.62. The molecule has 0 radical (unpaired) electrons. The fourth-order valence-corrected chi connectivity index (χ4v) is 3.36. The number of amides is 1. The van der Waals surface area contributed by atoms with E-state index in [9.17, 15) is 4.79 Å². The summed E-state index contributed by atoms with van der Waals surface area (Å²) in [4.78, 5) is 12.6. The first-order valence-corrected chi connectivity index (χ1v) is 10.4. The van der Waals surface area contributed by atoms with Gasteiger partial charge in [-0.25, -0.2) is 0 Å². The monoisotopic (exact) mass is 423 g/mol. The number of nitrogens with one attached hydrogen (secondary N) is 2. The Morgan fingerprint density at radius 2 is 1.84 bits per heavy atom. The van der Waals surface area contributed by atoms with Crippen molar-refractivity contribution in [1.29, 1.82) is 0 Å². The number of methoxy groups -OCH3 is 1. The van der Waals surface area contributed by atoms with E-state index in [4.69, 9.17) is 14.2 Å². The van der Waals surface area contributed by atoms with E-state index < -0.39 is 0 Å². The highest BCUT2D eigenvalue weighted by Crippen LogP contribution is 2.36. The van der Waals surface area contributed by atoms with Crippen molar-refractivity contribution in [3.63, 3.8) is 0 Å². The van der Waals surface area contributed by atoms with Gasteiger partial charge in [-0.1, -0.05) is 18.2 Å². The second-order valence-corrected chi connectivity index (χ2v) is 7.00. The van der Waals surface area contributed by atoms with Crippen LogP contribution in [0.1, 0.15) is 31.5 Å². The number of benzene rings is 2. The Morgan fingerprint density at radius 1 is 1.06 bits per heavy atom. The van der Waals surface area contributed by atoms with Crippen LogP contribution in [0.15, 0.2) is 42.5 Å². The average Bonchev–Trinajstić information content (AvgIpc) is 3.13. The van der Waals surface area contributed by atoms with Gasteiger partial charge < -0.3 is 19.5 Å². The molecule has 2 aromatic carbocycles. The number of nitrogens with zero attached hydrogens (tertiary/aromatic N) is 1. The van der Waals surface area contributed by atoms with E-state index in [0.29, 0.717) is 43.4 Å². The summed E-state index contributed by atoms with van der Waals surface area (Å²) in [5.74, 6) is 2.53. The summed E-state index contributed by atoms with van der Waals surface area (Å²) in [5, 5.41) is 10.2. The predicted molar refractivity (Wildman–Crippen MR) is 121 cm³/mol. The van der Waals surface area contributed by atoms with Gasteiger partial charge >= 0.3 is 0 Å². The molecule has 0 aliphatic carbocycles. The predicted octanol–water partition coefficient (Wildman–Crippen LogP) is 4.76. The van der Waals surface area contributed by atoms with Crippen molar-refractivity contribution >= 4 is 11.7 Å². The van der Waals surface area contributed by atoms with Crippen molar-refractivity contribution in [3.05, 3.63) is 53.7 Å². The summed E-state index contributed by atoms with van der Waals surface area (Å²) in [6, 6.07) is 13.5. The first-order valence-electron chi connectivity index (χ1n) is 10.4. The molecular weight excluding hydrogens is 394 g/mol. The van der Waals surface area contributed by atoms with Gasteiger partial charge in [-0.15, -0.1) is 0 Å². The number of hydrogen-bond donors (Lipinski definition) is 2. The average molecular weight is 424 g/mol. The molecular formula is C24H29N3O4. The van der Waals surface area contributed by atoms with Crippen LogP contribution in [0.25, 0.3) is 11.1 Å². The molecule has 7 heteroatoms. The van der Waals surface area contributed by atoms with Crippen LogP contribution >= 0.6 is 0 Å². The van der Waals surface area contributed by atoms with Crippen LogP contribution < -0.4 is 19.5 Å². The molecule has 0 unspecified atom stereocenters. The molecule has 2 N–H and O–H groups in total. The minimum absolute atomic E-state index is 0.105. The number of aromatic amines is 1. The van der Waals surface area contributed by atoms with E-state index >= 15 is 0 Å². The zero-order valence-corrected chi connectivity index (χ0v) is 18.5. The van der Waals surface area contributed by atoms with Crippen LogP contribution in [-0.2, 0) is 11.2 Å². The van der Waals surface area contributed by atoms with Gasteiger partial charge in [0.15, 0.2) is 17.3 Å². The fourth-order valence-electron chi connectivity index (χ4n) is 3.36. The molecule has 1 amide bonds. The van der Waals surface area contributed by atoms with Crippen molar-refractivity contribution in [1.82, 2.24) is 10.2 Å². The Morgan fingerprint density at radius 3 is 2.58 bits per heavy atom. The highest BCUT2D eigenvalue weighted by atomic mass is 16.5. The van der Waals surface area contributed by atoms with Gasteiger partial charge in [0, 0.05) is 17.7 Å². The van der Waals surface area contributed by atoms with Crippen molar-refractivity contribution in [2.45, 2.75) is 33.6 Å². The third kappa shape index (κ3) is 5.57. The maximum atomic E-state index is 12.6. The van der Waals surface area contributed by atoms with Gasteiger partial charge in [0.2, 0.25) is 5.91 Å². The fraction of sp³-hybridized carbons (Fsp3) is 0.333. The first-order chi connectivity index (χ1) is 15.0. The molecule has 0 atom stereocenters. The van der Waals surface area contributed by atoms with Gasteiger partial charge in [0.05, 0.1) is 20.3 Å². The number of carbonyl (C=O) groups excluding carboxylic acids is 1. The Labute approximate surface area is 182 Å². The molecule has 0 spiro atoms. The van der Waals surface area contributed by atoms with Crippen LogP contribution in [0, 0.1) is 6.92 Å². The van der Waals surface area contributed by atoms with Crippen LogP contribution in [-0.4, -0.2) is 36.4 Å². The maximum absolute atomic E-state index is 12.6. The lowest BCUT2D eigenvalue weighted by atomic mass is 10.0. The standard InChI is InChI=1S/C24H29N3O4/c1-5-30-20-12-11-18(15-21(20)31-6-2)23-16(3)26-27-24(23)25-22(28)13-10-17-8-7-9-19(14-17)29-4/h7-9,11-12,14-15H,5-6,10,13H2,1-4H3,(H2,25,26,27,28). The summed E-state index contributed by atoms with van der Waals surface area (Å²) < 4.78 is 16.6. The minimum Gasteiger partial charge on any atom is -0.497 e. The lowest BCUT2D eigenvalue weighted by Crippen LogP contribution is -2.13. The largest absolute Gasteiger partial charge is 0.497 e. The Balaban J connectivity index is 1.76. The highest BCUT2D eigenvalue weighted by Gasteiger charge is 2.17. The summed E-state index contributed by atoms with van der Waals surface area (Å²) in [6.07, 6.45) is 0.950. The van der Waals surface area contributed by atoms with Crippen LogP contribution in [0.5, 0.6) is 17.2 Å². The number of rotatable bonds is 10. The van der Waals surface area contributed by atoms with Crippen LogP contribution in [0.3, 0.4) is 0 Å². The molecule has 1 aromatic heterocycles. The summed E-state index contributed by atoms with van der Waals surface area (Å²) in [6.45, 7) is 6.87. The third-order valence-electron chi connectivity index (χ3n) is 4.81. The number of aryl methyl sites for hydroxylation is 2. The smallest absolute Gasteiger partial charge is 0.225 e. The van der Waals surface area contributed by atoms with Crippen LogP contribution in [0.4, 0.5) is 5.82 Å². The summed E-state index contributed by atoms with van der Waals surface area (Å²) in [7, 11) is 1.63. The number of aromatic nitrogens is 2. The van der Waals surface area contributed by atoms with E-state index in [0.717, 1.165) is 28.1 Å². The zero-order chi connectivity index (χ0) is 22.2. The quantitative estimate of drug-likeness (QED) is 0.491. The molecule has 3 rings (SSSR count). The van der Waals surface area contributed by atoms with Gasteiger partial charge in [0.1, 0.15) is 5.75 Å². The van der Waals surface area contributed by atoms with Gasteiger partial charge in [-0.05, 0) is 62.6 Å². The highest BCUT2D eigenvalue weighted by molar-refractivity contribution is 5.94. The number of hydrogen-bond acceptors (Lipinski definition) is 5. The summed E-state index contributed by atoms with van der Waals surface area (Å²) >= 11 is 0. The molecule has 164 valence electrons. The maximum Gasteiger partial charge on any atom is 0.225 e. The van der Waals surface area contributed by atoms with Gasteiger partial charge in [-0.3, -0.25) is 9.89 Å². The van der Waals surface area contributed by atoms with Gasteiger partial charge in [0.25, 0.3) is 0 Å². The molecule has 1 heterocycles. The normalized spacial score (nSPS) is 10.6. The number of anilines is 1. The molecule has 7 nitrogen and oxygen atoms in total.